The third-order valence-electron chi connectivity index (χ3n) is 0.632. The molecule has 0 nitrogen and oxygen atoms in total. The van der Waals surface area contributed by atoms with Gasteiger partial charge in [-0.05, 0) is 13.0 Å². The summed E-state index contributed by atoms with van der Waals surface area (Å²) < 4.78 is 0. The van der Waals surface area contributed by atoms with E-state index in [1.54, 1.807) is 6.08 Å². The van der Waals surface area contributed by atoms with Crippen LogP contribution >= 0.6 is 23.2 Å². The van der Waals surface area contributed by atoms with Gasteiger partial charge in [0.05, 0.1) is 10.1 Å². The van der Waals surface area contributed by atoms with E-state index in [1.165, 1.54) is 0 Å². The molecule has 0 unspecified atom stereocenters. The predicted molar refractivity (Wildman–Crippen MR) is 43.7 cm³/mol. The van der Waals surface area contributed by atoms with E-state index in [4.69, 9.17) is 23.2 Å². The van der Waals surface area contributed by atoms with Crippen LogP contribution in [0.3, 0.4) is 0 Å². The Bertz CT molecular complexity index is 166. The molecule has 0 heterocycles. The Kier molecular flexibility index (Phi) is 3.67. The van der Waals surface area contributed by atoms with Gasteiger partial charge in [0.2, 0.25) is 0 Å². The molecule has 0 aliphatic rings. The quantitative estimate of drug-likeness (QED) is 0.547. The molecule has 0 aliphatic heterocycles. The summed E-state index contributed by atoms with van der Waals surface area (Å²) >= 11 is 11.0. The zero-order valence-electron chi connectivity index (χ0n) is 5.25. The second-order valence-corrected chi connectivity index (χ2v) is 2.61. The maximum absolute atomic E-state index is 5.58. The average Bonchev–Trinajstić information content (AvgIpc) is 1.63. The van der Waals surface area contributed by atoms with Gasteiger partial charge in [0.25, 0.3) is 0 Å². The van der Waals surface area contributed by atoms with E-state index in [-0.39, 0.29) is 0 Å². The van der Waals surface area contributed by atoms with Crippen LogP contribution in [-0.2, 0) is 0 Å². The SMILES string of the molecule is C=C(C)/C=C(/Cl)C(=C)Cl. The largest absolute Gasteiger partial charge is 0.0961 e. The lowest BCUT2D eigenvalue weighted by atomic mass is 10.3. The monoisotopic (exact) mass is 162 g/mol. The molecule has 0 spiro atoms. The highest BCUT2D eigenvalue weighted by atomic mass is 35.5. The first kappa shape index (κ1) is 8.80. The van der Waals surface area contributed by atoms with Crippen LogP contribution in [0.4, 0.5) is 0 Å². The maximum Gasteiger partial charge on any atom is 0.0588 e. The van der Waals surface area contributed by atoms with Crippen molar-refractivity contribution in [3.05, 3.63) is 34.9 Å². The standard InChI is InChI=1S/C7H8Cl2/c1-5(2)4-7(9)6(3)8/h4H,1,3H2,2H3/b7-4+. The Labute approximate surface area is 65.5 Å². The molecule has 0 fully saturated rings. The van der Waals surface area contributed by atoms with Gasteiger partial charge in [-0.3, -0.25) is 0 Å². The Morgan fingerprint density at radius 1 is 1.33 bits per heavy atom. The van der Waals surface area contributed by atoms with Crippen LogP contribution in [0.15, 0.2) is 34.9 Å². The molecule has 0 atom stereocenters. The first-order chi connectivity index (χ1) is 4.04. The summed E-state index contributed by atoms with van der Waals surface area (Å²) in [5.74, 6) is 0. The fraction of sp³-hybridized carbons (Fsp3) is 0.143. The first-order valence-corrected chi connectivity index (χ1v) is 3.17. The lowest BCUT2D eigenvalue weighted by Gasteiger charge is -1.91. The summed E-state index contributed by atoms with van der Waals surface area (Å²) in [6.07, 6.45) is 1.66. The van der Waals surface area contributed by atoms with Gasteiger partial charge in [-0.1, -0.05) is 41.9 Å². The van der Waals surface area contributed by atoms with E-state index in [2.05, 4.69) is 13.2 Å². The van der Waals surface area contributed by atoms with Gasteiger partial charge in [0.15, 0.2) is 0 Å². The minimum Gasteiger partial charge on any atom is -0.0961 e. The number of hydrogen-bond donors (Lipinski definition) is 0. The molecule has 0 amide bonds. The maximum atomic E-state index is 5.58. The summed E-state index contributed by atoms with van der Waals surface area (Å²) in [6.45, 7) is 8.88. The van der Waals surface area contributed by atoms with Crippen LogP contribution in [0.5, 0.6) is 0 Å². The van der Waals surface area contributed by atoms with E-state index < -0.39 is 0 Å². The van der Waals surface area contributed by atoms with Crippen molar-refractivity contribution in [3.8, 4) is 0 Å². The Morgan fingerprint density at radius 3 is 1.89 bits per heavy atom. The van der Waals surface area contributed by atoms with Crippen molar-refractivity contribution in [2.24, 2.45) is 0 Å². The molecule has 9 heavy (non-hydrogen) atoms. The lowest BCUT2D eigenvalue weighted by Crippen LogP contribution is -1.69. The molecular formula is C7H8Cl2. The average molecular weight is 163 g/mol. The highest BCUT2D eigenvalue weighted by Gasteiger charge is 1.91. The molecule has 2 heteroatoms. The topological polar surface area (TPSA) is 0 Å². The molecule has 0 aromatic rings. The third-order valence-corrected chi connectivity index (χ3v) is 1.27. The predicted octanol–water partition coefficient (Wildman–Crippen LogP) is 3.44. The van der Waals surface area contributed by atoms with Crippen molar-refractivity contribution in [1.29, 1.82) is 0 Å². The summed E-state index contributed by atoms with van der Waals surface area (Å²) in [6, 6.07) is 0. The zero-order chi connectivity index (χ0) is 7.44. The molecule has 0 N–H and O–H groups in total. The molecular weight excluding hydrogens is 155 g/mol. The van der Waals surface area contributed by atoms with E-state index in [1.807, 2.05) is 6.92 Å². The highest BCUT2D eigenvalue weighted by molar-refractivity contribution is 6.43. The van der Waals surface area contributed by atoms with Crippen molar-refractivity contribution in [3.63, 3.8) is 0 Å². The minimum atomic E-state index is 0.347. The molecule has 0 aromatic carbocycles. The van der Waals surface area contributed by atoms with Crippen molar-refractivity contribution in [1.82, 2.24) is 0 Å². The fourth-order valence-corrected chi connectivity index (χ4v) is 0.535. The summed E-state index contributed by atoms with van der Waals surface area (Å²) in [5, 5.41) is 0.795. The zero-order valence-corrected chi connectivity index (χ0v) is 6.76. The van der Waals surface area contributed by atoms with Crippen LogP contribution in [-0.4, -0.2) is 0 Å². The van der Waals surface area contributed by atoms with Crippen LogP contribution in [0.1, 0.15) is 6.92 Å². The minimum absolute atomic E-state index is 0.347. The van der Waals surface area contributed by atoms with Gasteiger partial charge in [0, 0.05) is 0 Å². The van der Waals surface area contributed by atoms with Gasteiger partial charge >= 0.3 is 0 Å². The van der Waals surface area contributed by atoms with Crippen LogP contribution in [0.25, 0.3) is 0 Å². The molecule has 0 radical (unpaired) electrons. The normalized spacial score (nSPS) is 11.2. The lowest BCUT2D eigenvalue weighted by molar-refractivity contribution is 1.55. The van der Waals surface area contributed by atoms with Crippen molar-refractivity contribution in [2.75, 3.05) is 0 Å². The van der Waals surface area contributed by atoms with E-state index in [0.717, 1.165) is 5.57 Å². The highest BCUT2D eigenvalue weighted by Crippen LogP contribution is 2.17. The number of halogens is 2. The molecule has 0 bridgehead atoms. The molecule has 0 saturated heterocycles. The Balaban J connectivity index is 4.17. The molecule has 0 saturated carbocycles. The van der Waals surface area contributed by atoms with Crippen molar-refractivity contribution < 1.29 is 0 Å². The second-order valence-electron chi connectivity index (χ2n) is 1.74. The first-order valence-electron chi connectivity index (χ1n) is 2.41. The van der Waals surface area contributed by atoms with Gasteiger partial charge < -0.3 is 0 Å². The van der Waals surface area contributed by atoms with Gasteiger partial charge in [-0.15, -0.1) is 0 Å². The summed E-state index contributed by atoms with van der Waals surface area (Å²) in [5.41, 5.74) is 0.863. The van der Waals surface area contributed by atoms with Gasteiger partial charge in [-0.25, -0.2) is 0 Å². The molecule has 0 rings (SSSR count). The number of allylic oxidation sites excluding steroid dienone is 4. The summed E-state index contributed by atoms with van der Waals surface area (Å²) in [4.78, 5) is 0. The molecule has 0 aromatic heterocycles. The van der Waals surface area contributed by atoms with Crippen LogP contribution < -0.4 is 0 Å². The Hall–Kier alpha value is -0.200. The van der Waals surface area contributed by atoms with E-state index in [0.29, 0.717) is 10.1 Å². The van der Waals surface area contributed by atoms with Gasteiger partial charge in [0.1, 0.15) is 0 Å². The Morgan fingerprint density at radius 2 is 1.78 bits per heavy atom. The molecule has 50 valence electrons. The number of hydrogen-bond acceptors (Lipinski definition) is 0. The van der Waals surface area contributed by atoms with E-state index >= 15 is 0 Å². The van der Waals surface area contributed by atoms with E-state index in [9.17, 15) is 0 Å². The van der Waals surface area contributed by atoms with Crippen LogP contribution in [0.2, 0.25) is 0 Å². The third kappa shape index (κ3) is 4.31. The van der Waals surface area contributed by atoms with Crippen molar-refractivity contribution >= 4 is 23.2 Å². The van der Waals surface area contributed by atoms with Gasteiger partial charge in [-0.2, -0.15) is 0 Å². The second kappa shape index (κ2) is 3.76. The van der Waals surface area contributed by atoms with Crippen molar-refractivity contribution in [2.45, 2.75) is 6.92 Å². The smallest absolute Gasteiger partial charge is 0.0588 e. The number of rotatable bonds is 2. The molecule has 0 aliphatic carbocycles. The summed E-state index contributed by atoms with van der Waals surface area (Å²) in [7, 11) is 0. The van der Waals surface area contributed by atoms with Crippen LogP contribution in [0, 0.1) is 0 Å². The fourth-order valence-electron chi connectivity index (χ4n) is 0.295.